The largest absolute Gasteiger partial charge is 0.454 e. The van der Waals surface area contributed by atoms with E-state index in [0.29, 0.717) is 16.6 Å². The van der Waals surface area contributed by atoms with Crippen LogP contribution in [0.5, 0.6) is 11.5 Å². The molecule has 0 saturated heterocycles. The average molecular weight is 342 g/mol. The molecule has 106 valence electrons. The summed E-state index contributed by atoms with van der Waals surface area (Å²) in [7, 11) is 0. The lowest BCUT2D eigenvalue weighted by atomic mass is 10.2. The van der Waals surface area contributed by atoms with Crippen molar-refractivity contribution in [2.45, 2.75) is 13.5 Å². The van der Waals surface area contributed by atoms with Crippen LogP contribution >= 0.6 is 15.9 Å². The molecule has 2 aromatic rings. The number of hydrogen-bond acceptors (Lipinski definition) is 2. The van der Waals surface area contributed by atoms with E-state index in [0.717, 1.165) is 6.54 Å². The molecule has 0 saturated carbocycles. The molecule has 0 spiro atoms. The lowest BCUT2D eigenvalue weighted by Crippen LogP contribution is -2.12. The van der Waals surface area contributed by atoms with Gasteiger partial charge in [0.2, 0.25) is 0 Å². The van der Waals surface area contributed by atoms with Gasteiger partial charge in [-0.1, -0.05) is 19.1 Å². The van der Waals surface area contributed by atoms with Crippen LogP contribution in [-0.4, -0.2) is 6.54 Å². The SMILES string of the molecule is CCNCc1cccc(F)c1Oc1ccc(Br)c(F)c1. The van der Waals surface area contributed by atoms with E-state index in [1.54, 1.807) is 18.2 Å². The zero-order chi connectivity index (χ0) is 14.5. The molecule has 1 N–H and O–H groups in total. The lowest BCUT2D eigenvalue weighted by Gasteiger charge is -2.12. The third kappa shape index (κ3) is 3.55. The zero-order valence-corrected chi connectivity index (χ0v) is 12.5. The molecule has 0 radical (unpaired) electrons. The maximum absolute atomic E-state index is 13.9. The molecule has 0 amide bonds. The molecule has 0 unspecified atom stereocenters. The molecule has 2 nitrogen and oxygen atoms in total. The number of benzene rings is 2. The maximum Gasteiger partial charge on any atom is 0.167 e. The number of halogens is 3. The van der Waals surface area contributed by atoms with Gasteiger partial charge in [0, 0.05) is 18.2 Å². The lowest BCUT2D eigenvalue weighted by molar-refractivity contribution is 0.430. The van der Waals surface area contributed by atoms with Crippen LogP contribution in [0.15, 0.2) is 40.9 Å². The Bertz CT molecular complexity index is 604. The first kappa shape index (κ1) is 14.9. The molecule has 0 bridgehead atoms. The standard InChI is InChI=1S/C15H14BrF2NO/c1-2-19-9-10-4-3-5-13(17)15(10)20-11-6-7-12(16)14(18)8-11/h3-8,19H,2,9H2,1H3. The molecule has 5 heteroatoms. The van der Waals surface area contributed by atoms with Gasteiger partial charge in [0.15, 0.2) is 11.6 Å². The Hall–Kier alpha value is -1.46. The summed E-state index contributed by atoms with van der Waals surface area (Å²) in [5.74, 6) is -0.542. The Balaban J connectivity index is 2.29. The van der Waals surface area contributed by atoms with Gasteiger partial charge in [-0.25, -0.2) is 8.78 Å². The minimum absolute atomic E-state index is 0.121. The Kier molecular flexibility index (Phi) is 5.09. The predicted molar refractivity (Wildman–Crippen MR) is 78.0 cm³/mol. The van der Waals surface area contributed by atoms with Gasteiger partial charge >= 0.3 is 0 Å². The molecule has 0 fully saturated rings. The van der Waals surface area contributed by atoms with Crippen molar-refractivity contribution in [2.75, 3.05) is 6.54 Å². The van der Waals surface area contributed by atoms with Gasteiger partial charge in [-0.05, 0) is 40.7 Å². The summed E-state index contributed by atoms with van der Waals surface area (Å²) in [5.41, 5.74) is 0.690. The van der Waals surface area contributed by atoms with Crippen molar-refractivity contribution in [1.29, 1.82) is 0 Å². The summed E-state index contributed by atoms with van der Waals surface area (Å²) in [4.78, 5) is 0. The summed E-state index contributed by atoms with van der Waals surface area (Å²) in [5, 5.41) is 3.11. The van der Waals surface area contributed by atoms with Crippen molar-refractivity contribution in [3.05, 3.63) is 58.1 Å². The highest BCUT2D eigenvalue weighted by Crippen LogP contribution is 2.30. The van der Waals surface area contributed by atoms with Crippen LogP contribution in [0, 0.1) is 11.6 Å². The van der Waals surface area contributed by atoms with Gasteiger partial charge in [-0.15, -0.1) is 0 Å². The number of nitrogens with one attached hydrogen (secondary N) is 1. The van der Waals surface area contributed by atoms with E-state index in [1.165, 1.54) is 18.2 Å². The molecule has 0 aliphatic carbocycles. The number of para-hydroxylation sites is 1. The molecule has 0 aliphatic heterocycles. The highest BCUT2D eigenvalue weighted by Gasteiger charge is 2.11. The van der Waals surface area contributed by atoms with Gasteiger partial charge in [-0.3, -0.25) is 0 Å². The van der Waals surface area contributed by atoms with Crippen LogP contribution in [0.4, 0.5) is 8.78 Å². The van der Waals surface area contributed by atoms with Crippen molar-refractivity contribution in [1.82, 2.24) is 5.32 Å². The van der Waals surface area contributed by atoms with Crippen molar-refractivity contribution in [2.24, 2.45) is 0 Å². The summed E-state index contributed by atoms with van der Waals surface area (Å²) >= 11 is 3.06. The van der Waals surface area contributed by atoms with Crippen LogP contribution in [-0.2, 0) is 6.54 Å². The molecule has 0 atom stereocenters. The third-order valence-electron chi connectivity index (χ3n) is 2.72. The summed E-state index contributed by atoms with van der Waals surface area (Å²) in [6.07, 6.45) is 0. The molecular formula is C15H14BrF2NO. The summed E-state index contributed by atoms with van der Waals surface area (Å²) < 4.78 is 33.2. The molecule has 2 aromatic carbocycles. The highest BCUT2D eigenvalue weighted by atomic mass is 79.9. The molecule has 0 heterocycles. The topological polar surface area (TPSA) is 21.3 Å². The van der Waals surface area contributed by atoms with E-state index < -0.39 is 11.6 Å². The van der Waals surface area contributed by atoms with Gasteiger partial charge in [0.05, 0.1) is 4.47 Å². The number of hydrogen-bond donors (Lipinski definition) is 1. The van der Waals surface area contributed by atoms with Crippen LogP contribution in [0.2, 0.25) is 0 Å². The van der Waals surface area contributed by atoms with Gasteiger partial charge in [0.1, 0.15) is 11.6 Å². The summed E-state index contributed by atoms with van der Waals surface area (Å²) in [6.45, 7) is 3.22. The smallest absolute Gasteiger partial charge is 0.167 e. The Morgan fingerprint density at radius 1 is 1.15 bits per heavy atom. The second-order valence-electron chi connectivity index (χ2n) is 4.19. The highest BCUT2D eigenvalue weighted by molar-refractivity contribution is 9.10. The number of rotatable bonds is 5. The average Bonchev–Trinajstić information content (AvgIpc) is 2.43. The van der Waals surface area contributed by atoms with E-state index in [4.69, 9.17) is 4.74 Å². The van der Waals surface area contributed by atoms with Gasteiger partial charge in [-0.2, -0.15) is 0 Å². The molecule has 0 aromatic heterocycles. The molecule has 0 aliphatic rings. The molecular weight excluding hydrogens is 328 g/mol. The predicted octanol–water partition coefficient (Wildman–Crippen LogP) is 4.63. The Morgan fingerprint density at radius 3 is 2.65 bits per heavy atom. The van der Waals surface area contributed by atoms with E-state index in [2.05, 4.69) is 21.2 Å². The maximum atomic E-state index is 13.9. The van der Waals surface area contributed by atoms with Crippen LogP contribution < -0.4 is 10.1 Å². The normalized spacial score (nSPS) is 10.6. The van der Waals surface area contributed by atoms with Gasteiger partial charge in [0.25, 0.3) is 0 Å². The minimum atomic E-state index is -0.469. The van der Waals surface area contributed by atoms with E-state index in [9.17, 15) is 8.78 Å². The fourth-order valence-corrected chi connectivity index (χ4v) is 1.97. The quantitative estimate of drug-likeness (QED) is 0.856. The first-order valence-corrected chi connectivity index (χ1v) is 7.02. The fourth-order valence-electron chi connectivity index (χ4n) is 1.72. The second kappa shape index (κ2) is 6.81. The zero-order valence-electron chi connectivity index (χ0n) is 10.9. The monoisotopic (exact) mass is 341 g/mol. The first-order chi connectivity index (χ1) is 9.61. The first-order valence-electron chi connectivity index (χ1n) is 6.23. The van der Waals surface area contributed by atoms with Crippen molar-refractivity contribution >= 4 is 15.9 Å². The van der Waals surface area contributed by atoms with Crippen molar-refractivity contribution in [3.63, 3.8) is 0 Å². The minimum Gasteiger partial charge on any atom is -0.454 e. The fraction of sp³-hybridized carbons (Fsp3) is 0.200. The van der Waals surface area contributed by atoms with Crippen LogP contribution in [0.25, 0.3) is 0 Å². The number of ether oxygens (including phenoxy) is 1. The van der Waals surface area contributed by atoms with E-state index >= 15 is 0 Å². The Labute approximate surface area is 124 Å². The van der Waals surface area contributed by atoms with Crippen molar-refractivity contribution < 1.29 is 13.5 Å². The van der Waals surface area contributed by atoms with E-state index in [1.807, 2.05) is 6.92 Å². The second-order valence-corrected chi connectivity index (χ2v) is 5.04. The summed E-state index contributed by atoms with van der Waals surface area (Å²) in [6, 6.07) is 9.03. The molecule has 20 heavy (non-hydrogen) atoms. The molecule has 2 rings (SSSR count). The Morgan fingerprint density at radius 2 is 1.95 bits per heavy atom. The van der Waals surface area contributed by atoms with Gasteiger partial charge < -0.3 is 10.1 Å². The van der Waals surface area contributed by atoms with Crippen LogP contribution in [0.1, 0.15) is 12.5 Å². The van der Waals surface area contributed by atoms with Crippen LogP contribution in [0.3, 0.4) is 0 Å². The van der Waals surface area contributed by atoms with Crippen molar-refractivity contribution in [3.8, 4) is 11.5 Å². The van der Waals surface area contributed by atoms with E-state index in [-0.39, 0.29) is 11.5 Å². The third-order valence-corrected chi connectivity index (χ3v) is 3.37.